The number of carboxylic acid groups (broad SMARTS) is 1. The smallest absolute Gasteiger partial charge is 0.321 e. The standard InChI is InChI=1S/C7H13NO6S/c1-3-5(6(9)8-12)15(13,14)4(2)7(10)11/h4-5,12H,3H2,1-2H3,(H,8,9)(H,10,11). The van der Waals surface area contributed by atoms with Crippen LogP contribution in [0.25, 0.3) is 0 Å². The van der Waals surface area contributed by atoms with Crippen molar-refractivity contribution in [2.75, 3.05) is 0 Å². The van der Waals surface area contributed by atoms with E-state index >= 15 is 0 Å². The minimum Gasteiger partial charge on any atom is -0.480 e. The van der Waals surface area contributed by atoms with Crippen molar-refractivity contribution < 1.29 is 28.3 Å². The molecule has 1 amide bonds. The highest BCUT2D eigenvalue weighted by molar-refractivity contribution is 7.94. The highest BCUT2D eigenvalue weighted by Gasteiger charge is 2.38. The summed E-state index contributed by atoms with van der Waals surface area (Å²) in [6, 6.07) is 0. The highest BCUT2D eigenvalue weighted by atomic mass is 32.2. The lowest BCUT2D eigenvalue weighted by Gasteiger charge is -2.16. The molecule has 2 unspecified atom stereocenters. The first-order chi connectivity index (χ1) is 6.78. The molecule has 7 nitrogen and oxygen atoms in total. The van der Waals surface area contributed by atoms with Crippen molar-refractivity contribution in [3.63, 3.8) is 0 Å². The quantitative estimate of drug-likeness (QED) is 0.425. The second kappa shape index (κ2) is 5.08. The van der Waals surface area contributed by atoms with Crippen LogP contribution in [0.5, 0.6) is 0 Å². The van der Waals surface area contributed by atoms with Crippen LogP contribution in [-0.4, -0.2) is 41.1 Å². The molecule has 0 heterocycles. The molecule has 88 valence electrons. The van der Waals surface area contributed by atoms with Gasteiger partial charge in [0.1, 0.15) is 5.25 Å². The molecule has 0 saturated heterocycles. The fourth-order valence-electron chi connectivity index (χ4n) is 1.03. The summed E-state index contributed by atoms with van der Waals surface area (Å²) in [5.41, 5.74) is 1.20. The third kappa shape index (κ3) is 2.90. The predicted molar refractivity (Wildman–Crippen MR) is 50.0 cm³/mol. The lowest BCUT2D eigenvalue weighted by molar-refractivity contribution is -0.136. The molecule has 15 heavy (non-hydrogen) atoms. The van der Waals surface area contributed by atoms with Crippen LogP contribution in [0.1, 0.15) is 20.3 Å². The molecule has 3 N–H and O–H groups in total. The Labute approximate surface area is 87.0 Å². The fourth-order valence-corrected chi connectivity index (χ4v) is 2.62. The van der Waals surface area contributed by atoms with Gasteiger partial charge < -0.3 is 5.11 Å². The third-order valence-corrected chi connectivity index (χ3v) is 4.54. The monoisotopic (exact) mass is 239 g/mol. The zero-order valence-corrected chi connectivity index (χ0v) is 9.11. The van der Waals surface area contributed by atoms with Gasteiger partial charge >= 0.3 is 5.97 Å². The lowest BCUT2D eigenvalue weighted by Crippen LogP contribution is -2.44. The molecule has 0 radical (unpaired) electrons. The van der Waals surface area contributed by atoms with E-state index in [4.69, 9.17) is 10.3 Å². The minimum atomic E-state index is -4.13. The Kier molecular flexibility index (Phi) is 4.69. The Morgan fingerprint density at radius 1 is 1.40 bits per heavy atom. The molecule has 0 aliphatic carbocycles. The Hall–Kier alpha value is -1.15. The molecule has 8 heteroatoms. The van der Waals surface area contributed by atoms with Crippen molar-refractivity contribution in [2.45, 2.75) is 30.8 Å². The summed E-state index contributed by atoms with van der Waals surface area (Å²) < 4.78 is 23.1. The Morgan fingerprint density at radius 2 is 1.87 bits per heavy atom. The normalized spacial score (nSPS) is 15.4. The summed E-state index contributed by atoms with van der Waals surface area (Å²) in [6.07, 6.45) is -0.105. The topological polar surface area (TPSA) is 121 Å². The van der Waals surface area contributed by atoms with Crippen LogP contribution < -0.4 is 5.48 Å². The first-order valence-electron chi connectivity index (χ1n) is 4.18. The number of hydrogen-bond donors (Lipinski definition) is 3. The third-order valence-electron chi connectivity index (χ3n) is 2.01. The number of rotatable bonds is 5. The molecular weight excluding hydrogens is 226 g/mol. The minimum absolute atomic E-state index is 0.105. The molecule has 2 atom stereocenters. The molecule has 0 spiro atoms. The predicted octanol–water partition coefficient (Wildman–Crippen LogP) is -0.842. The van der Waals surface area contributed by atoms with Crippen LogP contribution in [-0.2, 0) is 19.4 Å². The van der Waals surface area contributed by atoms with E-state index in [2.05, 4.69) is 0 Å². The van der Waals surface area contributed by atoms with Gasteiger partial charge in [0.25, 0.3) is 5.91 Å². The second-order valence-corrected chi connectivity index (χ2v) is 5.40. The fraction of sp³-hybridized carbons (Fsp3) is 0.714. The number of aliphatic carboxylic acids is 1. The number of amides is 1. The number of carboxylic acids is 1. The molecular formula is C7H13NO6S. The van der Waals surface area contributed by atoms with Gasteiger partial charge in [0, 0.05) is 0 Å². The van der Waals surface area contributed by atoms with Gasteiger partial charge in [0.15, 0.2) is 15.1 Å². The van der Waals surface area contributed by atoms with E-state index in [1.165, 1.54) is 12.4 Å². The maximum Gasteiger partial charge on any atom is 0.321 e. The van der Waals surface area contributed by atoms with Gasteiger partial charge in [-0.15, -0.1) is 0 Å². The lowest BCUT2D eigenvalue weighted by atomic mass is 10.3. The summed E-state index contributed by atoms with van der Waals surface area (Å²) >= 11 is 0. The van der Waals surface area contributed by atoms with Gasteiger partial charge in [-0.2, -0.15) is 0 Å². The van der Waals surface area contributed by atoms with Gasteiger partial charge in [-0.25, -0.2) is 13.9 Å². The number of carbonyl (C=O) groups excluding carboxylic acids is 1. The van der Waals surface area contributed by atoms with Gasteiger partial charge in [0.05, 0.1) is 0 Å². The molecule has 0 rings (SSSR count). The zero-order valence-electron chi connectivity index (χ0n) is 8.30. The van der Waals surface area contributed by atoms with E-state index in [1.807, 2.05) is 0 Å². The second-order valence-electron chi connectivity index (χ2n) is 2.94. The highest BCUT2D eigenvalue weighted by Crippen LogP contribution is 2.13. The van der Waals surface area contributed by atoms with E-state index in [0.717, 1.165) is 6.92 Å². The van der Waals surface area contributed by atoms with Gasteiger partial charge in [-0.3, -0.25) is 14.8 Å². The Morgan fingerprint density at radius 3 is 2.13 bits per heavy atom. The van der Waals surface area contributed by atoms with Crippen molar-refractivity contribution in [3.8, 4) is 0 Å². The van der Waals surface area contributed by atoms with E-state index in [1.54, 1.807) is 0 Å². The van der Waals surface area contributed by atoms with Crippen LogP contribution in [0, 0.1) is 0 Å². The molecule has 0 aromatic carbocycles. The number of hydrogen-bond acceptors (Lipinski definition) is 5. The van der Waals surface area contributed by atoms with Crippen molar-refractivity contribution in [1.82, 2.24) is 5.48 Å². The van der Waals surface area contributed by atoms with E-state index in [0.29, 0.717) is 0 Å². The van der Waals surface area contributed by atoms with Crippen LogP contribution in [0.15, 0.2) is 0 Å². The summed E-state index contributed by atoms with van der Waals surface area (Å²) in [5, 5.41) is 13.6. The molecule has 0 saturated carbocycles. The zero-order chi connectivity index (χ0) is 12.2. The maximum atomic E-state index is 11.6. The number of sulfone groups is 1. The van der Waals surface area contributed by atoms with Crippen molar-refractivity contribution in [2.24, 2.45) is 0 Å². The summed E-state index contributed by atoms with van der Waals surface area (Å²) in [4.78, 5) is 21.5. The Balaban J connectivity index is 5.16. The van der Waals surface area contributed by atoms with Gasteiger partial charge in [-0.1, -0.05) is 6.92 Å². The largest absolute Gasteiger partial charge is 0.480 e. The first-order valence-corrected chi connectivity index (χ1v) is 5.79. The van der Waals surface area contributed by atoms with Gasteiger partial charge in [-0.05, 0) is 13.3 Å². The molecule has 0 aliphatic rings. The molecule has 0 aromatic heterocycles. The summed E-state index contributed by atoms with van der Waals surface area (Å²) in [5.74, 6) is -2.65. The van der Waals surface area contributed by atoms with Crippen LogP contribution >= 0.6 is 0 Å². The van der Waals surface area contributed by atoms with Crippen molar-refractivity contribution in [3.05, 3.63) is 0 Å². The summed E-state index contributed by atoms with van der Waals surface area (Å²) in [6.45, 7) is 2.39. The van der Waals surface area contributed by atoms with E-state index in [-0.39, 0.29) is 6.42 Å². The van der Waals surface area contributed by atoms with Crippen LogP contribution in [0.3, 0.4) is 0 Å². The van der Waals surface area contributed by atoms with E-state index < -0.39 is 32.2 Å². The molecule has 0 bridgehead atoms. The number of nitrogens with one attached hydrogen (secondary N) is 1. The SMILES string of the molecule is CCC(C(=O)NO)S(=O)(=O)C(C)C(=O)O. The molecule has 0 aliphatic heterocycles. The molecule has 0 aromatic rings. The summed E-state index contributed by atoms with van der Waals surface area (Å²) in [7, 11) is -4.13. The average Bonchev–Trinajstić information content (AvgIpc) is 2.16. The van der Waals surface area contributed by atoms with Crippen LogP contribution in [0.4, 0.5) is 0 Å². The average molecular weight is 239 g/mol. The van der Waals surface area contributed by atoms with Crippen molar-refractivity contribution in [1.29, 1.82) is 0 Å². The molecule has 0 fully saturated rings. The van der Waals surface area contributed by atoms with Crippen molar-refractivity contribution >= 4 is 21.7 Å². The number of hydroxylamine groups is 1. The Bertz CT molecular complexity index is 348. The maximum absolute atomic E-state index is 11.6. The van der Waals surface area contributed by atoms with E-state index in [9.17, 15) is 18.0 Å². The van der Waals surface area contributed by atoms with Crippen LogP contribution in [0.2, 0.25) is 0 Å². The first kappa shape index (κ1) is 13.8. The number of carbonyl (C=O) groups is 2. The van der Waals surface area contributed by atoms with Gasteiger partial charge in [0.2, 0.25) is 0 Å².